The van der Waals surface area contributed by atoms with E-state index in [1.165, 1.54) is 22.2 Å². The molecule has 1 aliphatic heterocycles. The zero-order chi connectivity index (χ0) is 28.3. The van der Waals surface area contributed by atoms with Gasteiger partial charge in [-0.15, -0.1) is 11.3 Å². The fraction of sp³-hybridized carbons (Fsp3) is 0.471. The number of esters is 1. The number of fused-ring (bicyclic) bond motifs is 2. The number of anilines is 1. The summed E-state index contributed by atoms with van der Waals surface area (Å²) in [5, 5.41) is 4.63. The van der Waals surface area contributed by atoms with Crippen LogP contribution in [0, 0.1) is 0 Å². The van der Waals surface area contributed by atoms with Crippen LogP contribution in [0.4, 0.5) is 5.69 Å². The number of nitrogens with zero attached hydrogens (tertiary/aromatic N) is 3. The molecule has 0 amide bonds. The highest BCUT2D eigenvalue weighted by atomic mass is 32.1. The first-order chi connectivity index (χ1) is 20.2. The Hall–Kier alpha value is -3.00. The van der Waals surface area contributed by atoms with Crippen LogP contribution in [0.25, 0.3) is 21.0 Å². The molecule has 0 spiro atoms. The van der Waals surface area contributed by atoms with Gasteiger partial charge in [-0.05, 0) is 74.4 Å². The highest BCUT2D eigenvalue weighted by Gasteiger charge is 2.18. The molecule has 5 rings (SSSR count). The molecule has 2 aromatic heterocycles. The monoisotopic (exact) mass is 573 g/mol. The van der Waals surface area contributed by atoms with Gasteiger partial charge in [-0.1, -0.05) is 44.0 Å². The van der Waals surface area contributed by atoms with Crippen LogP contribution in [0.5, 0.6) is 5.88 Å². The van der Waals surface area contributed by atoms with E-state index in [0.717, 1.165) is 88.8 Å². The number of carbonyl (C=O) groups excluding carboxylic acids is 1. The van der Waals surface area contributed by atoms with Crippen LogP contribution >= 0.6 is 11.3 Å². The molecule has 0 N–H and O–H groups in total. The average molecular weight is 574 g/mol. The van der Waals surface area contributed by atoms with Crippen LogP contribution in [0.2, 0.25) is 0 Å². The van der Waals surface area contributed by atoms with Gasteiger partial charge < -0.3 is 14.4 Å². The lowest BCUT2D eigenvalue weighted by Crippen LogP contribution is -2.46. The van der Waals surface area contributed by atoms with Crippen LogP contribution in [0.15, 0.2) is 66.0 Å². The Morgan fingerprint density at radius 1 is 0.927 bits per heavy atom. The van der Waals surface area contributed by atoms with Gasteiger partial charge in [0.1, 0.15) is 0 Å². The third kappa shape index (κ3) is 8.51. The summed E-state index contributed by atoms with van der Waals surface area (Å²) in [5.74, 6) is 0.166. The van der Waals surface area contributed by atoms with Crippen molar-refractivity contribution in [3.8, 4) is 5.88 Å². The molecule has 0 radical (unpaired) electrons. The van der Waals surface area contributed by atoms with Crippen LogP contribution in [0.3, 0.4) is 0 Å². The molecule has 1 atom stereocenters. The van der Waals surface area contributed by atoms with E-state index < -0.39 is 0 Å². The first-order valence-electron chi connectivity index (χ1n) is 15.3. The van der Waals surface area contributed by atoms with E-state index in [4.69, 9.17) is 9.47 Å². The summed E-state index contributed by atoms with van der Waals surface area (Å²) < 4.78 is 13.0. The number of benzene rings is 2. The Balaban J connectivity index is 0.894. The quantitative estimate of drug-likeness (QED) is 0.107. The minimum absolute atomic E-state index is 0.211. The summed E-state index contributed by atoms with van der Waals surface area (Å²) >= 11 is 1.82. The number of piperazine rings is 1. The Kier molecular flexibility index (Phi) is 11.0. The third-order valence-electron chi connectivity index (χ3n) is 8.06. The molecule has 6 nitrogen and oxygen atoms in total. The van der Waals surface area contributed by atoms with Gasteiger partial charge in [0.05, 0.1) is 11.6 Å². The number of ether oxygens (including phenoxy) is 2. The summed E-state index contributed by atoms with van der Waals surface area (Å²) in [6.45, 7) is 8.65. The molecule has 41 heavy (non-hydrogen) atoms. The van der Waals surface area contributed by atoms with Crippen LogP contribution in [-0.4, -0.2) is 61.3 Å². The molecule has 1 unspecified atom stereocenters. The third-order valence-corrected chi connectivity index (χ3v) is 8.94. The molecule has 3 heterocycles. The molecule has 4 aromatic rings. The second-order valence-electron chi connectivity index (χ2n) is 11.0. The number of hydrogen-bond donors (Lipinski definition) is 0. The molecular formula is C34H43N3O3S. The zero-order valence-electron chi connectivity index (χ0n) is 24.3. The predicted molar refractivity (Wildman–Crippen MR) is 170 cm³/mol. The van der Waals surface area contributed by atoms with Crippen molar-refractivity contribution in [2.45, 2.75) is 64.4 Å². The first-order valence-corrected chi connectivity index (χ1v) is 16.2. The van der Waals surface area contributed by atoms with E-state index >= 15 is 0 Å². The van der Waals surface area contributed by atoms with Gasteiger partial charge in [0, 0.05) is 66.4 Å². The second kappa shape index (κ2) is 15.3. The van der Waals surface area contributed by atoms with E-state index in [9.17, 15) is 4.79 Å². The Morgan fingerprint density at radius 2 is 1.80 bits per heavy atom. The summed E-state index contributed by atoms with van der Waals surface area (Å²) in [6.07, 6.45) is 8.03. The lowest BCUT2D eigenvalue weighted by atomic mass is 10.1. The number of aromatic nitrogens is 1. The van der Waals surface area contributed by atoms with Crippen molar-refractivity contribution in [2.24, 2.45) is 0 Å². The second-order valence-corrected chi connectivity index (χ2v) is 11.9. The maximum absolute atomic E-state index is 12.2. The van der Waals surface area contributed by atoms with Crippen molar-refractivity contribution in [3.63, 3.8) is 0 Å². The van der Waals surface area contributed by atoms with Gasteiger partial charge >= 0.3 is 5.97 Å². The topological polar surface area (TPSA) is 54.9 Å². The number of carbonyl (C=O) groups is 1. The fourth-order valence-corrected chi connectivity index (χ4v) is 6.46. The molecule has 0 aliphatic carbocycles. The van der Waals surface area contributed by atoms with Crippen molar-refractivity contribution in [2.75, 3.05) is 44.2 Å². The largest absolute Gasteiger partial charge is 0.407 e. The van der Waals surface area contributed by atoms with E-state index in [1.54, 1.807) is 6.07 Å². The lowest BCUT2D eigenvalue weighted by Gasteiger charge is -2.36. The van der Waals surface area contributed by atoms with Crippen LogP contribution < -0.4 is 9.64 Å². The van der Waals surface area contributed by atoms with Gasteiger partial charge in [0.25, 0.3) is 0 Å². The van der Waals surface area contributed by atoms with Crippen molar-refractivity contribution < 1.29 is 14.3 Å². The normalized spacial score (nSPS) is 15.0. The highest BCUT2D eigenvalue weighted by Crippen LogP contribution is 2.31. The van der Waals surface area contributed by atoms with E-state index in [0.29, 0.717) is 18.4 Å². The minimum Gasteiger partial charge on any atom is -0.407 e. The first kappa shape index (κ1) is 29.5. The molecule has 1 aliphatic rings. The number of unbranched alkanes of at least 4 members (excludes halogenated alkanes) is 3. The van der Waals surface area contributed by atoms with Crippen LogP contribution in [-0.2, 0) is 9.53 Å². The van der Waals surface area contributed by atoms with Crippen molar-refractivity contribution in [3.05, 3.63) is 66.0 Å². The summed E-state index contributed by atoms with van der Waals surface area (Å²) in [4.78, 5) is 21.8. The molecule has 1 saturated heterocycles. The number of para-hydroxylation sites is 1. The van der Waals surface area contributed by atoms with Gasteiger partial charge in [-0.2, -0.15) is 0 Å². The predicted octanol–water partition coefficient (Wildman–Crippen LogP) is 7.70. The Labute approximate surface area is 248 Å². The van der Waals surface area contributed by atoms with Crippen molar-refractivity contribution in [1.82, 2.24) is 9.88 Å². The average Bonchev–Trinajstić information content (AvgIpc) is 3.49. The van der Waals surface area contributed by atoms with Gasteiger partial charge in [-0.3, -0.25) is 9.69 Å². The molecular weight excluding hydrogens is 530 g/mol. The minimum atomic E-state index is -0.211. The SMILES string of the molecule is CCC(CCCCCC(=O)Oc1ccc2ccccc2n1)OCCCCN1CCN(c2cccc3sccc23)CC1. The van der Waals surface area contributed by atoms with E-state index in [1.807, 2.05) is 41.7 Å². The Bertz CT molecular complexity index is 1380. The van der Waals surface area contributed by atoms with E-state index in [2.05, 4.69) is 51.4 Å². The van der Waals surface area contributed by atoms with E-state index in [-0.39, 0.29) is 5.97 Å². The van der Waals surface area contributed by atoms with Gasteiger partial charge in [0.15, 0.2) is 0 Å². The number of pyridine rings is 1. The number of hydrogen-bond acceptors (Lipinski definition) is 7. The molecule has 218 valence electrons. The fourth-order valence-electron chi connectivity index (χ4n) is 5.65. The molecule has 1 fully saturated rings. The summed E-state index contributed by atoms with van der Waals surface area (Å²) in [6, 6.07) is 20.5. The van der Waals surface area contributed by atoms with Crippen molar-refractivity contribution >= 4 is 44.0 Å². The van der Waals surface area contributed by atoms with Crippen LogP contribution in [0.1, 0.15) is 58.3 Å². The Morgan fingerprint density at radius 3 is 2.68 bits per heavy atom. The smallest absolute Gasteiger partial charge is 0.312 e. The van der Waals surface area contributed by atoms with Gasteiger partial charge in [-0.25, -0.2) is 4.98 Å². The standard InChI is InChI=1S/C34H43N3O3S/c1-2-28(12-4-3-5-16-34(38)40-33-18-17-27-11-6-7-13-30(27)35-33)39-25-9-8-20-36-21-23-37(24-22-36)31-14-10-15-32-29(31)19-26-41-32/h6-7,10-11,13-15,17-19,26,28H,2-5,8-9,12,16,20-25H2,1H3. The van der Waals surface area contributed by atoms with Crippen molar-refractivity contribution in [1.29, 1.82) is 0 Å². The maximum Gasteiger partial charge on any atom is 0.312 e. The van der Waals surface area contributed by atoms with Gasteiger partial charge in [0.2, 0.25) is 5.88 Å². The molecule has 2 aromatic carbocycles. The summed E-state index contributed by atoms with van der Waals surface area (Å²) in [5.41, 5.74) is 2.23. The number of rotatable bonds is 15. The molecule has 0 bridgehead atoms. The molecule has 0 saturated carbocycles. The highest BCUT2D eigenvalue weighted by molar-refractivity contribution is 7.17. The number of thiophene rings is 1. The summed E-state index contributed by atoms with van der Waals surface area (Å²) in [7, 11) is 0. The molecule has 7 heteroatoms. The zero-order valence-corrected chi connectivity index (χ0v) is 25.1. The lowest BCUT2D eigenvalue weighted by molar-refractivity contribution is -0.134. The maximum atomic E-state index is 12.2.